The third kappa shape index (κ3) is 1.56. The zero-order chi connectivity index (χ0) is 14.6. The number of hydrogen-bond acceptors (Lipinski definition) is 1. The third-order valence-electron chi connectivity index (χ3n) is 4.10. The lowest BCUT2D eigenvalue weighted by Crippen LogP contribution is -2.32. The minimum Gasteiger partial charge on any atom is -0.264 e. The highest BCUT2D eigenvalue weighted by atomic mass is 15.3. The van der Waals surface area contributed by atoms with Crippen LogP contribution in [0, 0.1) is 6.92 Å². The molecule has 3 aromatic heterocycles. The largest absolute Gasteiger partial charge is 0.369 e. The number of rotatable bonds is 1. The summed E-state index contributed by atoms with van der Waals surface area (Å²) in [6.07, 6.45) is 8.05. The summed E-state index contributed by atoms with van der Waals surface area (Å²) < 4.78 is 6.61. The van der Waals surface area contributed by atoms with Gasteiger partial charge in [-0.15, -0.1) is 0 Å². The summed E-state index contributed by atoms with van der Waals surface area (Å²) >= 11 is 0. The van der Waals surface area contributed by atoms with Crippen LogP contribution in [0.5, 0.6) is 0 Å². The Kier molecular flexibility index (Phi) is 2.42. The number of aryl methyl sites for hydroxylation is 3. The van der Waals surface area contributed by atoms with Gasteiger partial charge in [0.1, 0.15) is 11.0 Å². The highest BCUT2D eigenvalue weighted by Crippen LogP contribution is 2.31. The van der Waals surface area contributed by atoms with Crippen LogP contribution in [0.1, 0.15) is 5.56 Å². The number of fused-ring (bicyclic) bond motifs is 3. The Morgan fingerprint density at radius 2 is 1.90 bits per heavy atom. The Balaban J connectivity index is 2.31. The molecule has 0 saturated carbocycles. The first kappa shape index (κ1) is 12.1. The van der Waals surface area contributed by atoms with Crippen molar-refractivity contribution in [3.8, 4) is 5.95 Å². The van der Waals surface area contributed by atoms with E-state index >= 15 is 0 Å². The van der Waals surface area contributed by atoms with Gasteiger partial charge in [0.2, 0.25) is 0 Å². The van der Waals surface area contributed by atoms with Gasteiger partial charge in [0.25, 0.3) is 0 Å². The molecule has 21 heavy (non-hydrogen) atoms. The molecule has 0 saturated heterocycles. The number of hydrogen-bond donors (Lipinski definition) is 0. The van der Waals surface area contributed by atoms with Gasteiger partial charge in [0.15, 0.2) is 0 Å². The fourth-order valence-corrected chi connectivity index (χ4v) is 3.17. The molecule has 0 aliphatic rings. The monoisotopic (exact) mass is 277 g/mol. The molecule has 104 valence electrons. The number of para-hydroxylation sites is 1. The average Bonchev–Trinajstić information content (AvgIpc) is 2.98. The second-order valence-electron chi connectivity index (χ2n) is 5.53. The second-order valence-corrected chi connectivity index (χ2v) is 5.53. The maximum absolute atomic E-state index is 4.38. The summed E-state index contributed by atoms with van der Waals surface area (Å²) in [6.45, 7) is 2.12. The van der Waals surface area contributed by atoms with Crippen molar-refractivity contribution in [1.82, 2.24) is 14.1 Å². The van der Waals surface area contributed by atoms with E-state index in [0.29, 0.717) is 0 Å². The van der Waals surface area contributed by atoms with Crippen molar-refractivity contribution < 1.29 is 4.57 Å². The van der Waals surface area contributed by atoms with Crippen LogP contribution < -0.4 is 4.57 Å². The van der Waals surface area contributed by atoms with Crippen LogP contribution in [0.3, 0.4) is 0 Å². The summed E-state index contributed by atoms with van der Waals surface area (Å²) in [5.74, 6) is 1.13. The van der Waals surface area contributed by atoms with E-state index in [0.717, 1.165) is 5.95 Å². The molecule has 0 radical (unpaired) electrons. The Morgan fingerprint density at radius 3 is 2.67 bits per heavy atom. The molecule has 0 atom stereocenters. The van der Waals surface area contributed by atoms with Crippen molar-refractivity contribution in [2.24, 2.45) is 14.1 Å². The van der Waals surface area contributed by atoms with Crippen molar-refractivity contribution in [2.45, 2.75) is 6.92 Å². The number of benzene rings is 1. The van der Waals surface area contributed by atoms with Gasteiger partial charge in [-0.3, -0.25) is 4.98 Å². The number of imidazole rings is 1. The molecule has 0 bridgehead atoms. The molecule has 0 aliphatic heterocycles. The zero-order valence-corrected chi connectivity index (χ0v) is 12.4. The topological polar surface area (TPSA) is 26.6 Å². The predicted molar refractivity (Wildman–Crippen MR) is 83.5 cm³/mol. The first-order chi connectivity index (χ1) is 10.2. The molecule has 0 N–H and O–H groups in total. The smallest absolute Gasteiger partial charge is 0.264 e. The fourth-order valence-electron chi connectivity index (χ4n) is 3.17. The van der Waals surface area contributed by atoms with E-state index in [1.807, 2.05) is 12.4 Å². The summed E-state index contributed by atoms with van der Waals surface area (Å²) in [5.41, 5.74) is 3.62. The lowest BCUT2D eigenvalue weighted by molar-refractivity contribution is -0.664. The summed E-state index contributed by atoms with van der Waals surface area (Å²) in [5, 5.41) is 2.44. The van der Waals surface area contributed by atoms with Gasteiger partial charge in [-0.25, -0.2) is 9.13 Å². The predicted octanol–water partition coefficient (Wildman–Crippen LogP) is 2.65. The van der Waals surface area contributed by atoms with Gasteiger partial charge < -0.3 is 0 Å². The molecular formula is C17H17N4+. The van der Waals surface area contributed by atoms with Crippen LogP contribution in [0.25, 0.3) is 27.8 Å². The van der Waals surface area contributed by atoms with Crippen LogP contribution in [0.2, 0.25) is 0 Å². The highest BCUT2D eigenvalue weighted by molar-refractivity contribution is 6.09. The molecule has 0 aliphatic carbocycles. The SMILES string of the molecule is Cc1cncc2c3ccccc3n(-c3n(C)cc[n+]3C)c12. The van der Waals surface area contributed by atoms with Gasteiger partial charge in [-0.1, -0.05) is 18.2 Å². The van der Waals surface area contributed by atoms with E-state index in [2.05, 4.69) is 76.4 Å². The van der Waals surface area contributed by atoms with Gasteiger partial charge in [-0.05, 0) is 13.0 Å². The van der Waals surface area contributed by atoms with Crippen molar-refractivity contribution in [1.29, 1.82) is 0 Å². The van der Waals surface area contributed by atoms with E-state index in [4.69, 9.17) is 0 Å². The van der Waals surface area contributed by atoms with E-state index in [1.165, 1.54) is 27.4 Å². The van der Waals surface area contributed by atoms with E-state index in [9.17, 15) is 0 Å². The van der Waals surface area contributed by atoms with Crippen LogP contribution in [0.4, 0.5) is 0 Å². The lowest BCUT2D eigenvalue weighted by atomic mass is 10.2. The van der Waals surface area contributed by atoms with Crippen LogP contribution in [-0.4, -0.2) is 14.1 Å². The van der Waals surface area contributed by atoms with Crippen molar-refractivity contribution in [3.05, 3.63) is 54.6 Å². The Bertz CT molecular complexity index is 956. The normalized spacial score (nSPS) is 11.6. The molecular weight excluding hydrogens is 260 g/mol. The van der Waals surface area contributed by atoms with Crippen molar-refractivity contribution in [2.75, 3.05) is 0 Å². The molecule has 0 fully saturated rings. The Labute approximate surface area is 122 Å². The minimum atomic E-state index is 1.13. The van der Waals surface area contributed by atoms with E-state index in [1.54, 1.807) is 0 Å². The summed E-state index contributed by atoms with van der Waals surface area (Å²) in [6, 6.07) is 8.50. The summed E-state index contributed by atoms with van der Waals surface area (Å²) in [4.78, 5) is 4.38. The maximum Gasteiger partial charge on any atom is 0.369 e. The fraction of sp³-hybridized carbons (Fsp3) is 0.176. The first-order valence-corrected chi connectivity index (χ1v) is 7.03. The quantitative estimate of drug-likeness (QED) is 0.491. The lowest BCUT2D eigenvalue weighted by Gasteiger charge is -2.04. The number of pyridine rings is 1. The molecule has 3 heterocycles. The van der Waals surface area contributed by atoms with Gasteiger partial charge in [0, 0.05) is 28.7 Å². The van der Waals surface area contributed by atoms with Gasteiger partial charge in [0.05, 0.1) is 26.5 Å². The molecule has 0 amide bonds. The molecule has 1 aromatic carbocycles. The minimum absolute atomic E-state index is 1.13. The Hall–Kier alpha value is -2.62. The Morgan fingerprint density at radius 1 is 1.10 bits per heavy atom. The molecule has 0 unspecified atom stereocenters. The van der Waals surface area contributed by atoms with Gasteiger partial charge in [-0.2, -0.15) is 4.57 Å². The van der Waals surface area contributed by atoms with Gasteiger partial charge >= 0.3 is 5.95 Å². The third-order valence-corrected chi connectivity index (χ3v) is 4.10. The number of nitrogens with zero attached hydrogens (tertiary/aromatic N) is 4. The van der Waals surface area contributed by atoms with Crippen LogP contribution in [0.15, 0.2) is 49.1 Å². The summed E-state index contributed by atoms with van der Waals surface area (Å²) in [7, 11) is 4.15. The standard InChI is InChI=1S/C17H17N4/c1-12-10-18-11-14-13-6-4-5-7-15(13)21(16(12)14)17-19(2)8-9-20(17)3/h4-11H,1-3H3/q+1. The molecule has 0 spiro atoms. The first-order valence-electron chi connectivity index (χ1n) is 7.03. The average molecular weight is 277 g/mol. The van der Waals surface area contributed by atoms with Crippen LogP contribution >= 0.6 is 0 Å². The van der Waals surface area contributed by atoms with E-state index < -0.39 is 0 Å². The molecule has 4 aromatic rings. The molecule has 4 nitrogen and oxygen atoms in total. The zero-order valence-electron chi connectivity index (χ0n) is 12.4. The van der Waals surface area contributed by atoms with Crippen molar-refractivity contribution >= 4 is 21.8 Å². The molecule has 4 rings (SSSR count). The van der Waals surface area contributed by atoms with Crippen LogP contribution in [-0.2, 0) is 14.1 Å². The maximum atomic E-state index is 4.38. The van der Waals surface area contributed by atoms with E-state index in [-0.39, 0.29) is 0 Å². The second kappa shape index (κ2) is 4.19. The highest BCUT2D eigenvalue weighted by Gasteiger charge is 2.23. The molecule has 4 heteroatoms. The number of aromatic nitrogens is 4. The van der Waals surface area contributed by atoms with Crippen molar-refractivity contribution in [3.63, 3.8) is 0 Å².